The Balaban J connectivity index is 0.00000210. The molecule has 1 saturated heterocycles. The summed E-state index contributed by atoms with van der Waals surface area (Å²) in [6.45, 7) is 1.28. The lowest BCUT2D eigenvalue weighted by atomic mass is 9.85. The van der Waals surface area contributed by atoms with Gasteiger partial charge in [0.25, 0.3) is 0 Å². The van der Waals surface area contributed by atoms with E-state index in [1.807, 2.05) is 0 Å². The van der Waals surface area contributed by atoms with Crippen LogP contribution in [0.5, 0.6) is 0 Å². The van der Waals surface area contributed by atoms with Crippen molar-refractivity contribution in [2.24, 2.45) is 28.7 Å². The number of nitrogens with one attached hydrogen (secondary N) is 2. The molecule has 0 spiro atoms. The van der Waals surface area contributed by atoms with Crippen molar-refractivity contribution in [1.29, 1.82) is 0 Å². The average molecular weight is 488 g/mol. The third-order valence-electron chi connectivity index (χ3n) is 6.53. The maximum Gasteiger partial charge on any atom is 0.233 e. The summed E-state index contributed by atoms with van der Waals surface area (Å²) in [6.07, 6.45) is 8.92. The number of hydrogen-bond acceptors (Lipinski definition) is 4. The Morgan fingerprint density at radius 3 is 2.33 bits per heavy atom. The molecule has 0 aromatic heterocycles. The highest BCUT2D eigenvalue weighted by Gasteiger charge is 2.58. The Hall–Kier alpha value is -1.16. The number of likely N-dealkylation sites (tertiary alicyclic amines) is 1. The minimum absolute atomic E-state index is 0. The van der Waals surface area contributed by atoms with E-state index in [0.717, 1.165) is 32.1 Å². The standard InChI is InChI=1S/C19H28N4O3.HI/c1-20-18(22-11-19(26)6-2-3-7-19)21-8-9-23-16(24)14-12-4-5-13(10-12)15(14)17(23)25;/h4-5,12-15,26H,2-3,6-11H2,1H3,(H2,20,21,22);1H. The van der Waals surface area contributed by atoms with Gasteiger partial charge in [0, 0.05) is 26.7 Å². The number of nitrogens with zero attached hydrogens (tertiary/aromatic N) is 2. The minimum atomic E-state index is -0.651. The van der Waals surface area contributed by atoms with Crippen LogP contribution in [0, 0.1) is 23.7 Å². The Morgan fingerprint density at radius 1 is 1.19 bits per heavy atom. The number of halogens is 1. The first kappa shape index (κ1) is 20.6. The molecule has 1 aliphatic heterocycles. The molecule has 0 aromatic rings. The van der Waals surface area contributed by atoms with Crippen LogP contribution < -0.4 is 10.6 Å². The zero-order valence-electron chi connectivity index (χ0n) is 15.7. The van der Waals surface area contributed by atoms with E-state index in [0.29, 0.717) is 25.6 Å². The van der Waals surface area contributed by atoms with E-state index in [4.69, 9.17) is 0 Å². The van der Waals surface area contributed by atoms with Gasteiger partial charge < -0.3 is 15.7 Å². The SMILES string of the molecule is CN=C(NCCN1C(=O)C2C3C=CC(C3)C2C1=O)NCC1(O)CCCC1.I. The fourth-order valence-corrected chi connectivity index (χ4v) is 5.15. The van der Waals surface area contributed by atoms with Crippen molar-refractivity contribution in [2.75, 3.05) is 26.7 Å². The molecule has 3 fully saturated rings. The molecule has 0 radical (unpaired) electrons. The van der Waals surface area contributed by atoms with Gasteiger partial charge in [0.1, 0.15) is 0 Å². The van der Waals surface area contributed by atoms with E-state index in [2.05, 4.69) is 27.8 Å². The lowest BCUT2D eigenvalue weighted by Crippen LogP contribution is -2.48. The zero-order chi connectivity index (χ0) is 18.3. The van der Waals surface area contributed by atoms with Crippen molar-refractivity contribution in [2.45, 2.75) is 37.7 Å². The molecule has 3 aliphatic carbocycles. The van der Waals surface area contributed by atoms with Gasteiger partial charge in [0.2, 0.25) is 11.8 Å². The maximum absolute atomic E-state index is 12.6. The Bertz CT molecular complexity index is 629. The van der Waals surface area contributed by atoms with E-state index in [9.17, 15) is 14.7 Å². The summed E-state index contributed by atoms with van der Waals surface area (Å²) in [6, 6.07) is 0. The Labute approximate surface area is 177 Å². The molecule has 4 unspecified atom stereocenters. The first-order valence-electron chi connectivity index (χ1n) is 9.73. The number of guanidine groups is 1. The molecule has 8 heteroatoms. The van der Waals surface area contributed by atoms with Crippen molar-refractivity contribution >= 4 is 41.8 Å². The predicted octanol–water partition coefficient (Wildman–Crippen LogP) is 0.882. The van der Waals surface area contributed by atoms with Crippen molar-refractivity contribution in [3.8, 4) is 0 Å². The monoisotopic (exact) mass is 488 g/mol. The molecule has 7 nitrogen and oxygen atoms in total. The van der Waals surface area contributed by atoms with Gasteiger partial charge in [-0.1, -0.05) is 25.0 Å². The highest BCUT2D eigenvalue weighted by atomic mass is 127. The highest BCUT2D eigenvalue weighted by Crippen LogP contribution is 2.52. The van der Waals surface area contributed by atoms with Gasteiger partial charge in [-0.2, -0.15) is 0 Å². The smallest absolute Gasteiger partial charge is 0.233 e. The van der Waals surface area contributed by atoms with Gasteiger partial charge in [-0.15, -0.1) is 24.0 Å². The van der Waals surface area contributed by atoms with Crippen LogP contribution in [0.15, 0.2) is 17.1 Å². The van der Waals surface area contributed by atoms with Crippen LogP contribution in [0.25, 0.3) is 0 Å². The average Bonchev–Trinajstić information content (AvgIpc) is 3.39. The number of imide groups is 1. The van der Waals surface area contributed by atoms with Crippen LogP contribution in [-0.4, -0.2) is 60.1 Å². The van der Waals surface area contributed by atoms with E-state index in [1.165, 1.54) is 4.90 Å². The van der Waals surface area contributed by atoms with Gasteiger partial charge in [-0.25, -0.2) is 0 Å². The third kappa shape index (κ3) is 3.74. The Kier molecular flexibility index (Phi) is 6.14. The first-order valence-corrected chi connectivity index (χ1v) is 9.73. The molecule has 2 saturated carbocycles. The fourth-order valence-electron chi connectivity index (χ4n) is 5.15. The summed E-state index contributed by atoms with van der Waals surface area (Å²) in [4.78, 5) is 30.9. The number of carbonyl (C=O) groups is 2. The van der Waals surface area contributed by atoms with Crippen molar-refractivity contribution in [3.63, 3.8) is 0 Å². The molecule has 0 aromatic carbocycles. The van der Waals surface area contributed by atoms with Crippen LogP contribution in [0.1, 0.15) is 32.1 Å². The molecule has 150 valence electrons. The summed E-state index contributed by atoms with van der Waals surface area (Å²) in [5, 5.41) is 16.7. The second kappa shape index (κ2) is 8.06. The number of hydrogen-bond donors (Lipinski definition) is 3. The van der Waals surface area contributed by atoms with Crippen LogP contribution in [0.3, 0.4) is 0 Å². The van der Waals surface area contributed by atoms with Crippen molar-refractivity contribution in [3.05, 3.63) is 12.2 Å². The van der Waals surface area contributed by atoms with Crippen LogP contribution in [0.2, 0.25) is 0 Å². The summed E-state index contributed by atoms with van der Waals surface area (Å²) in [5.74, 6) is 0.801. The Morgan fingerprint density at radius 2 is 1.78 bits per heavy atom. The predicted molar refractivity (Wildman–Crippen MR) is 113 cm³/mol. The van der Waals surface area contributed by atoms with Gasteiger partial charge in [0.05, 0.1) is 17.4 Å². The summed E-state index contributed by atoms with van der Waals surface area (Å²) >= 11 is 0. The second-order valence-corrected chi connectivity index (χ2v) is 8.11. The van der Waals surface area contributed by atoms with Crippen LogP contribution in [0.4, 0.5) is 0 Å². The van der Waals surface area contributed by atoms with Crippen molar-refractivity contribution in [1.82, 2.24) is 15.5 Å². The minimum Gasteiger partial charge on any atom is -0.388 e. The van der Waals surface area contributed by atoms with E-state index >= 15 is 0 Å². The number of amides is 2. The topological polar surface area (TPSA) is 94.0 Å². The number of allylic oxidation sites excluding steroid dienone is 2. The van der Waals surface area contributed by atoms with Gasteiger partial charge in [-0.3, -0.25) is 19.5 Å². The number of carbonyl (C=O) groups excluding carboxylic acids is 2. The van der Waals surface area contributed by atoms with E-state index in [1.54, 1.807) is 7.05 Å². The molecule has 4 rings (SSSR count). The van der Waals surface area contributed by atoms with E-state index in [-0.39, 0.29) is 59.5 Å². The molecule has 2 amide bonds. The first-order chi connectivity index (χ1) is 12.5. The van der Waals surface area contributed by atoms with Gasteiger partial charge >= 0.3 is 0 Å². The quantitative estimate of drug-likeness (QED) is 0.176. The van der Waals surface area contributed by atoms with Gasteiger partial charge in [0.15, 0.2) is 5.96 Å². The van der Waals surface area contributed by atoms with Crippen LogP contribution >= 0.6 is 24.0 Å². The molecule has 3 N–H and O–H groups in total. The summed E-state index contributed by atoms with van der Waals surface area (Å²) in [5.41, 5.74) is -0.651. The normalized spacial score (nSPS) is 33.4. The second-order valence-electron chi connectivity index (χ2n) is 8.11. The summed E-state index contributed by atoms with van der Waals surface area (Å²) in [7, 11) is 1.67. The lowest BCUT2D eigenvalue weighted by molar-refractivity contribution is -0.140. The molecule has 2 bridgehead atoms. The largest absolute Gasteiger partial charge is 0.388 e. The number of fused-ring (bicyclic) bond motifs is 5. The maximum atomic E-state index is 12.6. The van der Waals surface area contributed by atoms with E-state index < -0.39 is 5.60 Å². The molecular weight excluding hydrogens is 459 g/mol. The van der Waals surface area contributed by atoms with Crippen LogP contribution in [-0.2, 0) is 9.59 Å². The zero-order valence-corrected chi connectivity index (χ0v) is 18.0. The molecular formula is C19H29IN4O3. The lowest BCUT2D eigenvalue weighted by Gasteiger charge is -2.24. The fraction of sp³-hybridized carbons (Fsp3) is 0.737. The summed E-state index contributed by atoms with van der Waals surface area (Å²) < 4.78 is 0. The number of aliphatic imine (C=N–C) groups is 1. The molecule has 4 atom stereocenters. The highest BCUT2D eigenvalue weighted by molar-refractivity contribution is 14.0. The van der Waals surface area contributed by atoms with Gasteiger partial charge in [-0.05, 0) is 31.1 Å². The number of rotatable bonds is 5. The molecule has 4 aliphatic rings. The molecule has 1 heterocycles. The molecule has 27 heavy (non-hydrogen) atoms. The number of aliphatic hydroxyl groups is 1. The third-order valence-corrected chi connectivity index (χ3v) is 6.53. The van der Waals surface area contributed by atoms with Crippen molar-refractivity contribution < 1.29 is 14.7 Å².